The number of carboxylic acid groups (broad SMARTS) is 1. The van der Waals surface area contributed by atoms with Crippen molar-refractivity contribution in [3.8, 4) is 0 Å². The molecule has 108 valence electrons. The molecular formula is C14H17ClN2O3. The lowest BCUT2D eigenvalue weighted by molar-refractivity contribution is -0.144. The summed E-state index contributed by atoms with van der Waals surface area (Å²) in [5, 5.41) is 14.9. The van der Waals surface area contributed by atoms with Crippen molar-refractivity contribution in [2.45, 2.75) is 38.1 Å². The Hall–Kier alpha value is -1.75. The van der Waals surface area contributed by atoms with Crippen LogP contribution < -0.4 is 10.6 Å². The smallest absolute Gasteiger partial charge is 0.329 e. The lowest BCUT2D eigenvalue weighted by Crippen LogP contribution is -2.53. The summed E-state index contributed by atoms with van der Waals surface area (Å²) in [6, 6.07) is 4.71. The second kappa shape index (κ2) is 5.71. The van der Waals surface area contributed by atoms with Gasteiger partial charge in [0.1, 0.15) is 5.54 Å². The predicted molar refractivity (Wildman–Crippen MR) is 77.2 cm³/mol. The fraction of sp³-hybridized carbons (Fsp3) is 0.429. The Morgan fingerprint density at radius 1 is 1.30 bits per heavy atom. The number of hydrogen-bond acceptors (Lipinski definition) is 2. The van der Waals surface area contributed by atoms with Crippen LogP contribution in [-0.2, 0) is 4.79 Å². The van der Waals surface area contributed by atoms with E-state index in [9.17, 15) is 14.7 Å². The van der Waals surface area contributed by atoms with Crippen LogP contribution in [0.5, 0.6) is 0 Å². The maximum atomic E-state index is 12.0. The van der Waals surface area contributed by atoms with Gasteiger partial charge in [0.15, 0.2) is 0 Å². The number of nitrogens with one attached hydrogen (secondary N) is 2. The van der Waals surface area contributed by atoms with Gasteiger partial charge in [0, 0.05) is 0 Å². The van der Waals surface area contributed by atoms with Gasteiger partial charge < -0.3 is 15.7 Å². The summed E-state index contributed by atoms with van der Waals surface area (Å²) in [5.41, 5.74) is 0.299. The summed E-state index contributed by atoms with van der Waals surface area (Å²) in [4.78, 5) is 23.3. The monoisotopic (exact) mass is 296 g/mol. The molecule has 0 atom stereocenters. The van der Waals surface area contributed by atoms with Gasteiger partial charge in [-0.15, -0.1) is 0 Å². The quantitative estimate of drug-likeness (QED) is 0.801. The van der Waals surface area contributed by atoms with E-state index in [1.807, 2.05) is 13.0 Å². The highest BCUT2D eigenvalue weighted by Gasteiger charge is 2.42. The number of carbonyl (C=O) groups is 2. The number of anilines is 1. The van der Waals surface area contributed by atoms with Gasteiger partial charge >= 0.3 is 12.0 Å². The summed E-state index contributed by atoms with van der Waals surface area (Å²) >= 11 is 6.03. The van der Waals surface area contributed by atoms with Gasteiger partial charge in [-0.2, -0.15) is 0 Å². The number of benzene rings is 1. The van der Waals surface area contributed by atoms with Crippen molar-refractivity contribution in [2.75, 3.05) is 5.32 Å². The second-order valence-electron chi connectivity index (χ2n) is 5.16. The maximum Gasteiger partial charge on any atom is 0.329 e. The van der Waals surface area contributed by atoms with Crippen LogP contribution in [0.3, 0.4) is 0 Å². The van der Waals surface area contributed by atoms with Gasteiger partial charge in [-0.3, -0.25) is 0 Å². The number of carbonyl (C=O) groups excluding carboxylic acids is 1. The van der Waals surface area contributed by atoms with Crippen LogP contribution in [0, 0.1) is 6.92 Å². The zero-order valence-corrected chi connectivity index (χ0v) is 12.0. The fourth-order valence-electron chi connectivity index (χ4n) is 2.46. The third-order valence-electron chi connectivity index (χ3n) is 3.59. The van der Waals surface area contributed by atoms with Gasteiger partial charge in [0.25, 0.3) is 0 Å². The summed E-state index contributed by atoms with van der Waals surface area (Å²) < 4.78 is 0. The van der Waals surface area contributed by atoms with E-state index < -0.39 is 17.5 Å². The molecule has 6 heteroatoms. The highest BCUT2D eigenvalue weighted by Crippen LogP contribution is 2.30. The van der Waals surface area contributed by atoms with Crippen molar-refractivity contribution in [3.63, 3.8) is 0 Å². The van der Waals surface area contributed by atoms with Crippen molar-refractivity contribution in [3.05, 3.63) is 28.8 Å². The minimum atomic E-state index is -1.15. The average Bonchev–Trinajstić information content (AvgIpc) is 2.82. The first-order valence-corrected chi connectivity index (χ1v) is 6.89. The largest absolute Gasteiger partial charge is 0.480 e. The first-order valence-electron chi connectivity index (χ1n) is 6.52. The van der Waals surface area contributed by atoms with Crippen molar-refractivity contribution < 1.29 is 14.7 Å². The number of rotatable bonds is 3. The Kier molecular flexibility index (Phi) is 4.18. The molecule has 0 aliphatic heterocycles. The normalized spacial score (nSPS) is 16.7. The van der Waals surface area contributed by atoms with Gasteiger partial charge in [-0.05, 0) is 37.5 Å². The standard InChI is InChI=1S/C14H17ClN2O3/c1-9-4-5-11(10(15)8-9)16-13(20)17-14(12(18)19)6-2-3-7-14/h4-5,8H,2-3,6-7H2,1H3,(H,18,19)(H2,16,17,20). The van der Waals surface area contributed by atoms with E-state index in [4.69, 9.17) is 11.6 Å². The molecule has 0 bridgehead atoms. The number of halogens is 1. The third kappa shape index (κ3) is 3.04. The summed E-state index contributed by atoms with van der Waals surface area (Å²) in [5.74, 6) is -0.986. The SMILES string of the molecule is Cc1ccc(NC(=O)NC2(C(=O)O)CCCC2)c(Cl)c1. The van der Waals surface area contributed by atoms with Crippen LogP contribution in [0.2, 0.25) is 5.02 Å². The first kappa shape index (κ1) is 14.7. The third-order valence-corrected chi connectivity index (χ3v) is 3.90. The Balaban J connectivity index is 2.07. The lowest BCUT2D eigenvalue weighted by atomic mass is 9.98. The molecule has 1 aliphatic rings. The minimum absolute atomic E-state index is 0.427. The number of aliphatic carboxylic acids is 1. The van der Waals surface area contributed by atoms with Crippen LogP contribution in [0.25, 0.3) is 0 Å². The van der Waals surface area contributed by atoms with Crippen LogP contribution in [0.4, 0.5) is 10.5 Å². The van der Waals surface area contributed by atoms with E-state index in [2.05, 4.69) is 10.6 Å². The van der Waals surface area contributed by atoms with E-state index in [0.29, 0.717) is 23.6 Å². The number of hydrogen-bond donors (Lipinski definition) is 3. The average molecular weight is 297 g/mol. The molecule has 0 spiro atoms. The molecule has 1 aromatic carbocycles. The molecule has 3 N–H and O–H groups in total. The lowest BCUT2D eigenvalue weighted by Gasteiger charge is -2.25. The summed E-state index contributed by atoms with van der Waals surface area (Å²) in [6.07, 6.45) is 2.52. The molecule has 5 nitrogen and oxygen atoms in total. The fourth-order valence-corrected chi connectivity index (χ4v) is 2.75. The zero-order valence-electron chi connectivity index (χ0n) is 11.2. The highest BCUT2D eigenvalue weighted by atomic mass is 35.5. The highest BCUT2D eigenvalue weighted by molar-refractivity contribution is 6.33. The van der Waals surface area contributed by atoms with Gasteiger partial charge in [-0.1, -0.05) is 30.5 Å². The zero-order chi connectivity index (χ0) is 14.8. The molecule has 0 heterocycles. The molecule has 0 radical (unpaired) electrons. The summed E-state index contributed by atoms with van der Waals surface area (Å²) in [6.45, 7) is 1.90. The number of urea groups is 1. The number of aryl methyl sites for hydroxylation is 1. The molecule has 2 amide bonds. The number of amides is 2. The van der Waals surface area contributed by atoms with E-state index >= 15 is 0 Å². The molecule has 2 rings (SSSR count). The molecule has 0 unspecified atom stereocenters. The first-order chi connectivity index (χ1) is 9.43. The molecule has 0 aromatic heterocycles. The summed E-state index contributed by atoms with van der Waals surface area (Å²) in [7, 11) is 0. The van der Waals surface area contributed by atoms with E-state index in [1.54, 1.807) is 12.1 Å². The molecule has 0 saturated heterocycles. The Morgan fingerprint density at radius 3 is 2.50 bits per heavy atom. The van der Waals surface area contributed by atoms with Crippen LogP contribution in [-0.4, -0.2) is 22.6 Å². The van der Waals surface area contributed by atoms with Crippen LogP contribution in [0.15, 0.2) is 18.2 Å². The van der Waals surface area contributed by atoms with Crippen LogP contribution >= 0.6 is 11.6 Å². The van der Waals surface area contributed by atoms with E-state index in [0.717, 1.165) is 18.4 Å². The molecule has 1 aliphatic carbocycles. The molecular weight excluding hydrogens is 280 g/mol. The van der Waals surface area contributed by atoms with Gasteiger partial charge in [0.05, 0.1) is 10.7 Å². The van der Waals surface area contributed by atoms with Gasteiger partial charge in [-0.25, -0.2) is 9.59 Å². The van der Waals surface area contributed by atoms with E-state index in [-0.39, 0.29) is 0 Å². The second-order valence-corrected chi connectivity index (χ2v) is 5.56. The molecule has 1 aromatic rings. The topological polar surface area (TPSA) is 78.4 Å². The Morgan fingerprint density at radius 2 is 1.95 bits per heavy atom. The molecule has 1 saturated carbocycles. The molecule has 20 heavy (non-hydrogen) atoms. The predicted octanol–water partition coefficient (Wildman–Crippen LogP) is 3.17. The minimum Gasteiger partial charge on any atom is -0.480 e. The van der Waals surface area contributed by atoms with Crippen LogP contribution in [0.1, 0.15) is 31.2 Å². The van der Waals surface area contributed by atoms with E-state index in [1.165, 1.54) is 0 Å². The molecule has 1 fully saturated rings. The van der Waals surface area contributed by atoms with Crippen molar-refractivity contribution in [2.24, 2.45) is 0 Å². The van der Waals surface area contributed by atoms with Crippen molar-refractivity contribution >= 4 is 29.3 Å². The van der Waals surface area contributed by atoms with Crippen molar-refractivity contribution in [1.29, 1.82) is 0 Å². The number of carboxylic acids is 1. The van der Waals surface area contributed by atoms with Gasteiger partial charge in [0.2, 0.25) is 0 Å². The Labute approximate surface area is 122 Å². The Bertz CT molecular complexity index is 539. The maximum absolute atomic E-state index is 12.0. The van der Waals surface area contributed by atoms with Crippen molar-refractivity contribution in [1.82, 2.24) is 5.32 Å².